The molecule has 1 atom stereocenters. The number of aryl methyl sites for hydroxylation is 3. The lowest BCUT2D eigenvalue weighted by atomic mass is 9.96. The van der Waals surface area contributed by atoms with Gasteiger partial charge in [0.2, 0.25) is 0 Å². The molecule has 0 saturated heterocycles. The van der Waals surface area contributed by atoms with E-state index in [0.717, 1.165) is 34.2 Å². The van der Waals surface area contributed by atoms with Crippen molar-refractivity contribution in [3.05, 3.63) is 39.2 Å². The zero-order chi connectivity index (χ0) is 14.8. The first kappa shape index (κ1) is 15.2. The number of aliphatic hydroxyl groups is 1. The van der Waals surface area contributed by atoms with Crippen molar-refractivity contribution in [3.63, 3.8) is 0 Å². The van der Waals surface area contributed by atoms with Crippen LogP contribution in [0.15, 0.2) is 15.9 Å². The summed E-state index contributed by atoms with van der Waals surface area (Å²) in [7, 11) is 0. The fraction of sp³-hybridized carbons (Fsp3) is 0.533. The molecule has 0 saturated carbocycles. The summed E-state index contributed by atoms with van der Waals surface area (Å²) in [6, 6.07) is 1.90. The Morgan fingerprint density at radius 2 is 2.20 bits per heavy atom. The molecule has 20 heavy (non-hydrogen) atoms. The average molecular weight is 294 g/mol. The summed E-state index contributed by atoms with van der Waals surface area (Å²) >= 11 is 1.68. The van der Waals surface area contributed by atoms with Gasteiger partial charge in [0, 0.05) is 24.0 Å². The topological polar surface area (TPSA) is 58.3 Å². The van der Waals surface area contributed by atoms with Gasteiger partial charge in [-0.15, -0.1) is 11.3 Å². The summed E-state index contributed by atoms with van der Waals surface area (Å²) in [5.41, 5.74) is 0.934. The number of nitrogens with zero attached hydrogens (tertiary/aromatic N) is 1. The Balaban J connectivity index is 1.93. The van der Waals surface area contributed by atoms with E-state index in [9.17, 15) is 5.11 Å². The third-order valence-electron chi connectivity index (χ3n) is 3.30. The molecule has 1 unspecified atom stereocenters. The number of thiazole rings is 1. The minimum absolute atomic E-state index is 0.464. The lowest BCUT2D eigenvalue weighted by molar-refractivity contribution is 0.0551. The van der Waals surface area contributed by atoms with Crippen LogP contribution in [0.1, 0.15) is 41.6 Å². The largest absolute Gasteiger partial charge is 0.466 e. The summed E-state index contributed by atoms with van der Waals surface area (Å²) in [5.74, 6) is 1.60. The fourth-order valence-electron chi connectivity index (χ4n) is 2.29. The molecule has 0 aliphatic rings. The van der Waals surface area contributed by atoms with E-state index >= 15 is 0 Å². The lowest BCUT2D eigenvalue weighted by Gasteiger charge is -2.23. The van der Waals surface area contributed by atoms with Gasteiger partial charge in [-0.3, -0.25) is 0 Å². The molecule has 0 aliphatic carbocycles. The van der Waals surface area contributed by atoms with E-state index in [2.05, 4.69) is 22.6 Å². The van der Waals surface area contributed by atoms with Crippen molar-refractivity contribution in [3.8, 4) is 0 Å². The van der Waals surface area contributed by atoms with Crippen molar-refractivity contribution >= 4 is 11.3 Å². The van der Waals surface area contributed by atoms with Gasteiger partial charge in [0.25, 0.3) is 0 Å². The van der Waals surface area contributed by atoms with Crippen LogP contribution < -0.4 is 5.32 Å². The number of rotatable bonds is 6. The van der Waals surface area contributed by atoms with E-state index in [1.807, 2.05) is 19.9 Å². The van der Waals surface area contributed by atoms with Crippen molar-refractivity contribution < 1.29 is 9.52 Å². The molecule has 0 bridgehead atoms. The van der Waals surface area contributed by atoms with Crippen LogP contribution >= 0.6 is 11.3 Å². The van der Waals surface area contributed by atoms with Crippen molar-refractivity contribution in [2.24, 2.45) is 0 Å². The smallest absolute Gasteiger partial charge is 0.107 e. The van der Waals surface area contributed by atoms with E-state index in [1.54, 1.807) is 18.3 Å². The SMILES string of the molecule is CCc1nc(CNCC(C)(O)c2cc(C)oc2C)cs1. The van der Waals surface area contributed by atoms with Crippen molar-refractivity contribution in [1.29, 1.82) is 0 Å². The third kappa shape index (κ3) is 3.48. The highest BCUT2D eigenvalue weighted by molar-refractivity contribution is 7.09. The Hall–Kier alpha value is -1.17. The maximum Gasteiger partial charge on any atom is 0.107 e. The maximum atomic E-state index is 10.6. The summed E-state index contributed by atoms with van der Waals surface area (Å²) in [4.78, 5) is 4.50. The second-order valence-electron chi connectivity index (χ2n) is 5.29. The second kappa shape index (κ2) is 6.08. The number of nitrogens with one attached hydrogen (secondary N) is 1. The van der Waals surface area contributed by atoms with E-state index in [1.165, 1.54) is 0 Å². The van der Waals surface area contributed by atoms with E-state index < -0.39 is 5.60 Å². The molecule has 2 heterocycles. The predicted octanol–water partition coefficient (Wildman–Crippen LogP) is 2.91. The first-order chi connectivity index (χ1) is 9.42. The second-order valence-corrected chi connectivity index (χ2v) is 6.23. The molecular weight excluding hydrogens is 272 g/mol. The van der Waals surface area contributed by atoms with Gasteiger partial charge >= 0.3 is 0 Å². The molecule has 4 nitrogen and oxygen atoms in total. The highest BCUT2D eigenvalue weighted by Gasteiger charge is 2.27. The van der Waals surface area contributed by atoms with Crippen LogP contribution in [0.4, 0.5) is 0 Å². The fourth-order valence-corrected chi connectivity index (χ4v) is 3.03. The highest BCUT2D eigenvalue weighted by atomic mass is 32.1. The molecule has 0 amide bonds. The van der Waals surface area contributed by atoms with Gasteiger partial charge < -0.3 is 14.8 Å². The van der Waals surface area contributed by atoms with Crippen molar-refractivity contribution in [1.82, 2.24) is 10.3 Å². The lowest BCUT2D eigenvalue weighted by Crippen LogP contribution is -2.35. The zero-order valence-electron chi connectivity index (χ0n) is 12.5. The molecule has 0 aromatic carbocycles. The standard InChI is InChI=1S/C15H22N2O2S/c1-5-14-17-12(8-20-14)7-16-9-15(4,18)13-6-10(2)19-11(13)3/h6,8,16,18H,5,7,9H2,1-4H3. The molecule has 0 fully saturated rings. The van der Waals surface area contributed by atoms with Crippen molar-refractivity contribution in [2.75, 3.05) is 6.54 Å². The van der Waals surface area contributed by atoms with Crippen LogP contribution in [0.5, 0.6) is 0 Å². The molecule has 2 aromatic rings. The first-order valence-electron chi connectivity index (χ1n) is 6.86. The molecule has 0 radical (unpaired) electrons. The van der Waals surface area contributed by atoms with Gasteiger partial charge in [-0.05, 0) is 33.3 Å². The number of furan rings is 1. The average Bonchev–Trinajstić information content (AvgIpc) is 2.96. The van der Waals surface area contributed by atoms with Crippen LogP contribution in [0.25, 0.3) is 0 Å². The Bertz CT molecular complexity index is 572. The zero-order valence-corrected chi connectivity index (χ0v) is 13.3. The Labute approximate surface area is 123 Å². The van der Waals surface area contributed by atoms with E-state index in [0.29, 0.717) is 13.1 Å². The van der Waals surface area contributed by atoms with E-state index in [-0.39, 0.29) is 0 Å². The van der Waals surface area contributed by atoms with Crippen LogP contribution in [-0.2, 0) is 18.6 Å². The van der Waals surface area contributed by atoms with Gasteiger partial charge in [0.05, 0.1) is 10.7 Å². The molecule has 110 valence electrons. The number of hydrogen-bond acceptors (Lipinski definition) is 5. The molecule has 0 aliphatic heterocycles. The Morgan fingerprint density at radius 1 is 1.45 bits per heavy atom. The first-order valence-corrected chi connectivity index (χ1v) is 7.74. The van der Waals surface area contributed by atoms with Crippen LogP contribution in [0.2, 0.25) is 0 Å². The van der Waals surface area contributed by atoms with Crippen molar-refractivity contribution in [2.45, 2.75) is 46.3 Å². The summed E-state index contributed by atoms with van der Waals surface area (Å²) in [6.07, 6.45) is 0.968. The molecular formula is C15H22N2O2S. The quantitative estimate of drug-likeness (QED) is 0.860. The van der Waals surface area contributed by atoms with Gasteiger partial charge in [0.15, 0.2) is 0 Å². The van der Waals surface area contributed by atoms with E-state index in [4.69, 9.17) is 4.42 Å². The minimum atomic E-state index is -0.939. The van der Waals surface area contributed by atoms with Gasteiger partial charge in [0.1, 0.15) is 17.1 Å². The third-order valence-corrected chi connectivity index (χ3v) is 4.34. The maximum absolute atomic E-state index is 10.6. The van der Waals surface area contributed by atoms with Crippen LogP contribution in [-0.4, -0.2) is 16.6 Å². The molecule has 2 aromatic heterocycles. The Morgan fingerprint density at radius 3 is 2.75 bits per heavy atom. The van der Waals surface area contributed by atoms with Crippen LogP contribution in [0, 0.1) is 13.8 Å². The van der Waals surface area contributed by atoms with Gasteiger partial charge in [-0.1, -0.05) is 6.92 Å². The normalized spacial score (nSPS) is 14.4. The summed E-state index contributed by atoms with van der Waals surface area (Å²) in [5, 5.41) is 17.0. The molecule has 5 heteroatoms. The Kier molecular flexibility index (Phi) is 4.62. The molecule has 0 spiro atoms. The molecule has 2 N–H and O–H groups in total. The monoisotopic (exact) mass is 294 g/mol. The van der Waals surface area contributed by atoms with Crippen LogP contribution in [0.3, 0.4) is 0 Å². The minimum Gasteiger partial charge on any atom is -0.466 e. The number of aromatic nitrogens is 1. The summed E-state index contributed by atoms with van der Waals surface area (Å²) < 4.78 is 5.48. The highest BCUT2D eigenvalue weighted by Crippen LogP contribution is 2.26. The summed E-state index contributed by atoms with van der Waals surface area (Å²) in [6.45, 7) is 8.81. The number of hydrogen-bond donors (Lipinski definition) is 2. The van der Waals surface area contributed by atoms with Gasteiger partial charge in [-0.2, -0.15) is 0 Å². The predicted molar refractivity (Wildman–Crippen MR) is 81.0 cm³/mol. The van der Waals surface area contributed by atoms with Gasteiger partial charge in [-0.25, -0.2) is 4.98 Å². The molecule has 2 rings (SSSR count).